The summed E-state index contributed by atoms with van der Waals surface area (Å²) < 4.78 is 75.1. The molecule has 3 rings (SSSR count). The largest absolute Gasteiger partial charge is 0.457 e. The number of ether oxygens (including phenoxy) is 3. The first-order chi connectivity index (χ1) is 22.0. The summed E-state index contributed by atoms with van der Waals surface area (Å²) in [6.07, 6.45) is 3.55. The molecule has 0 spiro atoms. The molecule has 0 saturated heterocycles. The van der Waals surface area contributed by atoms with Gasteiger partial charge in [-0.2, -0.15) is 8.42 Å². The predicted molar refractivity (Wildman–Crippen MR) is 177 cm³/mol. The van der Waals surface area contributed by atoms with Crippen molar-refractivity contribution in [1.82, 2.24) is 0 Å². The minimum Gasteiger partial charge on any atom is -0.457 e. The maximum Gasteiger partial charge on any atom is 0.357 e. The molecule has 1 fully saturated rings. The van der Waals surface area contributed by atoms with Gasteiger partial charge in [0.05, 0.1) is 16.9 Å². The molecular weight excluding hydrogens is 647 g/mol. The molecule has 1 aliphatic carbocycles. The monoisotopic (exact) mass is 696 g/mol. The van der Waals surface area contributed by atoms with Gasteiger partial charge < -0.3 is 14.2 Å². The summed E-state index contributed by atoms with van der Waals surface area (Å²) in [4.78, 5) is 23.0. The van der Waals surface area contributed by atoms with Gasteiger partial charge in [-0.15, -0.1) is 0 Å². The Kier molecular flexibility index (Phi) is 14.0. The number of hydrogen-bond acceptors (Lipinski definition) is 11. The third-order valence-electron chi connectivity index (χ3n) is 7.37. The Labute approximate surface area is 279 Å². The van der Waals surface area contributed by atoms with Crippen molar-refractivity contribution in [3.8, 4) is 11.5 Å². The number of benzene rings is 2. The molecular formula is C34H49O11PS. The van der Waals surface area contributed by atoms with Crippen LogP contribution in [-0.4, -0.2) is 45.0 Å². The maximum atomic E-state index is 14.5. The van der Waals surface area contributed by atoms with Crippen molar-refractivity contribution < 1.29 is 50.0 Å². The molecule has 0 amide bonds. The van der Waals surface area contributed by atoms with Crippen molar-refractivity contribution in [1.29, 1.82) is 0 Å². The molecule has 2 aromatic carbocycles. The summed E-state index contributed by atoms with van der Waals surface area (Å²) in [7, 11) is -9.26. The van der Waals surface area contributed by atoms with Crippen molar-refractivity contribution >= 4 is 29.7 Å². The second-order valence-corrected chi connectivity index (χ2v) is 18.0. The van der Waals surface area contributed by atoms with Crippen LogP contribution >= 0.6 is 7.60 Å². The number of esters is 2. The van der Waals surface area contributed by atoms with E-state index in [2.05, 4.69) is 0 Å². The molecule has 47 heavy (non-hydrogen) atoms. The Bertz CT molecular complexity index is 1420. The van der Waals surface area contributed by atoms with Gasteiger partial charge in [-0.1, -0.05) is 49.6 Å². The van der Waals surface area contributed by atoms with E-state index in [1.165, 1.54) is 0 Å². The summed E-state index contributed by atoms with van der Waals surface area (Å²) in [5, 5.41) is 0. The lowest BCUT2D eigenvalue weighted by Gasteiger charge is -2.29. The smallest absolute Gasteiger partial charge is 0.357 e. The normalized spacial score (nSPS) is 15.5. The molecule has 2 aromatic rings. The Morgan fingerprint density at radius 2 is 1.36 bits per heavy atom. The topological polar surface area (TPSA) is 141 Å². The number of rotatable bonds is 16. The molecule has 0 radical (unpaired) electrons. The number of carbonyl (C=O) groups is 2. The van der Waals surface area contributed by atoms with Crippen LogP contribution in [-0.2, 0) is 53.4 Å². The first-order valence-electron chi connectivity index (χ1n) is 16.0. The maximum absolute atomic E-state index is 14.5. The molecule has 0 aromatic heterocycles. The second kappa shape index (κ2) is 17.1. The molecule has 13 heteroatoms. The van der Waals surface area contributed by atoms with Crippen molar-refractivity contribution in [3.05, 3.63) is 60.2 Å². The van der Waals surface area contributed by atoms with E-state index in [1.807, 2.05) is 54.6 Å². The van der Waals surface area contributed by atoms with Crippen LogP contribution in [0.3, 0.4) is 0 Å². The second-order valence-electron chi connectivity index (χ2n) is 13.7. The van der Waals surface area contributed by atoms with Gasteiger partial charge in [0.25, 0.3) is 10.1 Å². The van der Waals surface area contributed by atoms with Gasteiger partial charge >= 0.3 is 19.5 Å². The Morgan fingerprint density at radius 1 is 0.809 bits per heavy atom. The third kappa shape index (κ3) is 12.7. The summed E-state index contributed by atoms with van der Waals surface area (Å²) in [6, 6.07) is 16.7. The average Bonchev–Trinajstić information content (AvgIpc) is 2.99. The van der Waals surface area contributed by atoms with Crippen molar-refractivity contribution in [2.24, 2.45) is 10.8 Å². The van der Waals surface area contributed by atoms with Crippen LogP contribution in [0.25, 0.3) is 0 Å². The van der Waals surface area contributed by atoms with Crippen molar-refractivity contribution in [3.63, 3.8) is 0 Å². The van der Waals surface area contributed by atoms with E-state index in [1.54, 1.807) is 41.5 Å². The molecule has 0 aliphatic heterocycles. The van der Waals surface area contributed by atoms with Crippen LogP contribution in [0.2, 0.25) is 0 Å². The molecule has 1 saturated carbocycles. The molecule has 0 N–H and O–H groups in total. The highest BCUT2D eigenvalue weighted by Crippen LogP contribution is 2.57. The third-order valence-corrected chi connectivity index (χ3v) is 12.3. The zero-order chi connectivity index (χ0) is 34.7. The van der Waals surface area contributed by atoms with Gasteiger partial charge in [0.2, 0.25) is 13.6 Å². The molecule has 11 nitrogen and oxygen atoms in total. The van der Waals surface area contributed by atoms with Crippen LogP contribution in [0.1, 0.15) is 92.1 Å². The van der Waals surface area contributed by atoms with Gasteiger partial charge in [0, 0.05) is 0 Å². The predicted octanol–water partition coefficient (Wildman–Crippen LogP) is 8.13. The van der Waals surface area contributed by atoms with E-state index in [-0.39, 0.29) is 12.8 Å². The Hall–Kier alpha value is -2.76. The van der Waals surface area contributed by atoms with Gasteiger partial charge in [0.15, 0.2) is 4.99 Å². The molecule has 1 aliphatic rings. The van der Waals surface area contributed by atoms with Crippen molar-refractivity contribution in [2.45, 2.75) is 104 Å². The van der Waals surface area contributed by atoms with E-state index >= 15 is 0 Å². The first-order valence-corrected chi connectivity index (χ1v) is 19.1. The Morgan fingerprint density at radius 3 is 1.91 bits per heavy atom. The highest BCUT2D eigenvalue weighted by atomic mass is 32.2. The van der Waals surface area contributed by atoms with Crippen LogP contribution in [0.4, 0.5) is 0 Å². The van der Waals surface area contributed by atoms with Crippen LogP contribution in [0.15, 0.2) is 54.6 Å². The van der Waals surface area contributed by atoms with Gasteiger partial charge in [-0.25, -0.2) is 0 Å². The van der Waals surface area contributed by atoms with Crippen molar-refractivity contribution in [2.75, 3.05) is 13.6 Å². The number of hydrogen-bond donors (Lipinski definition) is 0. The lowest BCUT2D eigenvalue weighted by atomic mass is 9.98. The molecule has 0 bridgehead atoms. The van der Waals surface area contributed by atoms with Gasteiger partial charge in [0.1, 0.15) is 11.5 Å². The molecule has 0 heterocycles. The van der Waals surface area contributed by atoms with Crippen LogP contribution in [0.5, 0.6) is 11.5 Å². The summed E-state index contributed by atoms with van der Waals surface area (Å²) in [6.45, 7) is 8.09. The fourth-order valence-corrected chi connectivity index (χ4v) is 8.93. The van der Waals surface area contributed by atoms with E-state index in [4.69, 9.17) is 27.4 Å². The quantitative estimate of drug-likeness (QED) is 0.0727. The van der Waals surface area contributed by atoms with E-state index < -0.39 is 65.2 Å². The Balaban J connectivity index is 1.85. The zero-order valence-electron chi connectivity index (χ0n) is 28.3. The molecule has 262 valence electrons. The van der Waals surface area contributed by atoms with E-state index in [9.17, 15) is 22.6 Å². The first kappa shape index (κ1) is 38.7. The lowest BCUT2D eigenvalue weighted by molar-refractivity contribution is -0.162. The van der Waals surface area contributed by atoms with Gasteiger partial charge in [-0.05, 0) is 103 Å². The minimum absolute atomic E-state index is 0.184. The number of aryl methyl sites for hydroxylation is 1. The zero-order valence-corrected chi connectivity index (χ0v) is 30.0. The highest BCUT2D eigenvalue weighted by Gasteiger charge is 2.48. The lowest BCUT2D eigenvalue weighted by Crippen LogP contribution is -2.32. The summed E-state index contributed by atoms with van der Waals surface area (Å²) in [5.41, 5.74) is -0.937. The van der Waals surface area contributed by atoms with Crippen LogP contribution in [0, 0.1) is 10.8 Å². The van der Waals surface area contributed by atoms with E-state index in [0.29, 0.717) is 30.8 Å². The number of carbonyl (C=O) groups excluding carboxylic acids is 2. The minimum atomic E-state index is -4.70. The fourth-order valence-electron chi connectivity index (χ4n) is 4.69. The highest BCUT2D eigenvalue weighted by molar-refractivity contribution is 7.94. The molecule has 0 unspecified atom stereocenters. The van der Waals surface area contributed by atoms with E-state index in [0.717, 1.165) is 24.8 Å². The fraction of sp³-hybridized carbons (Fsp3) is 0.588. The SMILES string of the molecule is CC(C)(C)C(=O)OCOP(=O)(OCOC(=O)C(C)(C)C)[C@@H](CCCc1cccc(Oc2ccccc2)c1)S(=O)(=O)OC1CCCCC1. The summed E-state index contributed by atoms with van der Waals surface area (Å²) in [5.74, 6) is -0.0280. The molecule has 1 atom stereocenters. The average molecular weight is 697 g/mol. The standard InChI is InChI=1S/C34H49O11PS/c1-33(2,3)31(35)40-24-42-46(37,43-25-41-32(36)34(4,5)6)30(47(38,39)45-28-19-11-8-12-20-28)22-14-16-26-15-13-21-29(23-26)44-27-17-9-7-10-18-27/h7,9-10,13,15,17-18,21,23,28,30H,8,11-12,14,16,19-20,22,24-25H2,1-6H3/t30-/m1/s1. The van der Waals surface area contributed by atoms with Gasteiger partial charge in [-0.3, -0.25) is 27.4 Å². The van der Waals surface area contributed by atoms with Crippen LogP contribution < -0.4 is 4.74 Å². The summed E-state index contributed by atoms with van der Waals surface area (Å²) >= 11 is 0. The number of para-hydroxylation sites is 1.